The molecule has 0 bridgehead atoms. The smallest absolute Gasteiger partial charge is 0.217 e. The van der Waals surface area contributed by atoms with E-state index in [4.69, 9.17) is 56.8 Å². The molecule has 38 nitrogen and oxygen atoms in total. The molecule has 6 saturated heterocycles. The SMILES string of the molecule is CC(=O)N[C@H]1[C@H](O[C@@H]([C@H](O)[C@H](CO)NC(C)=O)[C@H](O)CO[C@@H]2O[C@@H](C)[C@@H](O)[C@@H](O)[C@@H]2O)O[C@H](CO)[C@@H](O[C@@H]2O[C@H](CO[C@H]3O[C@H](CO)[C@@H](O)[C@H](O)[C@@H]3O)[C@@H](O[C@@H]3O[C@H](CO)[C@@H](O)[C@H](O)[C@H]3NC(C)=O)[C@H](O[C@H]3O[C@H](CO)[C@@H](O)[C@H](O)[C@@H]3O)[C@@H]2O)[C@@H]1O. The Kier molecular flexibility index (Phi) is 26.8. The first kappa shape index (κ1) is 72.2. The maximum atomic E-state index is 12.9. The second-order valence-corrected chi connectivity index (χ2v) is 21.6. The molecule has 0 aliphatic carbocycles. The minimum atomic E-state index is -2.46. The van der Waals surface area contributed by atoms with Gasteiger partial charge in [-0.3, -0.25) is 14.4 Å². The number of amides is 3. The molecule has 38 heteroatoms. The van der Waals surface area contributed by atoms with Crippen LogP contribution in [0, 0.1) is 0 Å². The summed E-state index contributed by atoms with van der Waals surface area (Å²) in [5.74, 6) is -2.62. The van der Waals surface area contributed by atoms with Gasteiger partial charge in [-0.05, 0) is 6.92 Å². The van der Waals surface area contributed by atoms with Crippen LogP contribution in [0.3, 0.4) is 0 Å². The molecule has 500 valence electrons. The molecular formula is C48H83N3O35. The Morgan fingerprint density at radius 3 is 1.38 bits per heavy atom. The molecule has 6 fully saturated rings. The Morgan fingerprint density at radius 1 is 0.430 bits per heavy atom. The predicted octanol–water partition coefficient (Wildman–Crippen LogP) is -15.2. The van der Waals surface area contributed by atoms with Crippen molar-refractivity contribution < 1.29 is 173 Å². The van der Waals surface area contributed by atoms with Crippen LogP contribution in [0.2, 0.25) is 0 Å². The number of nitrogens with one attached hydrogen (secondary N) is 3. The number of carbonyl (C=O) groups excluding carboxylic acids is 3. The van der Waals surface area contributed by atoms with Gasteiger partial charge in [-0.1, -0.05) is 0 Å². The quantitative estimate of drug-likeness (QED) is 0.0404. The van der Waals surface area contributed by atoms with Gasteiger partial charge < -0.3 is 175 Å². The van der Waals surface area contributed by atoms with Crippen LogP contribution < -0.4 is 16.0 Å². The number of carbonyl (C=O) groups is 3. The van der Waals surface area contributed by atoms with E-state index in [0.717, 1.165) is 20.8 Å². The first-order chi connectivity index (χ1) is 40.5. The lowest BCUT2D eigenvalue weighted by Gasteiger charge is -2.51. The van der Waals surface area contributed by atoms with Gasteiger partial charge in [0.2, 0.25) is 17.7 Å². The summed E-state index contributed by atoms with van der Waals surface area (Å²) in [6, 6.07) is -5.41. The second kappa shape index (κ2) is 31.9. The van der Waals surface area contributed by atoms with E-state index in [9.17, 15) is 117 Å². The molecule has 0 spiro atoms. The molecule has 23 N–H and O–H groups in total. The van der Waals surface area contributed by atoms with Crippen LogP contribution in [0.25, 0.3) is 0 Å². The van der Waals surface area contributed by atoms with Crippen molar-refractivity contribution >= 4 is 17.7 Å². The zero-order valence-corrected chi connectivity index (χ0v) is 46.6. The van der Waals surface area contributed by atoms with Gasteiger partial charge >= 0.3 is 0 Å². The molecule has 0 radical (unpaired) electrons. The van der Waals surface area contributed by atoms with E-state index in [1.165, 1.54) is 6.92 Å². The maximum Gasteiger partial charge on any atom is 0.217 e. The summed E-state index contributed by atoms with van der Waals surface area (Å²) >= 11 is 0. The second-order valence-electron chi connectivity index (χ2n) is 21.6. The fraction of sp³-hybridized carbons (Fsp3) is 0.938. The van der Waals surface area contributed by atoms with Crippen molar-refractivity contribution in [1.29, 1.82) is 0 Å². The first-order valence-electron chi connectivity index (χ1n) is 27.4. The standard InChI is InChI=1S/C48H83N3O35/c1-12-25(61)32(68)35(71)45(77-12)75-10-17(60)39(26(62)16(5-52)49-13(2)57)83-44-24(51-15(4)59)31(67)40(21(9-56)81-44)84-48-38(74)42(86-47-37(73)34(70)29(65)20(8-55)80-47)41(85-43-23(50-14(3)58)30(66)27(63)18(6-53)78-43)22(82-48)11-76-46-36(72)33(69)28(64)19(7-54)79-46/h12,16-48,52-56,60-74H,5-11H2,1-4H3,(H,49,57)(H,50,58)(H,51,59)/t12-,16-,17+,18+,19+,20+,21+,22+,23+,24+,25+,26+,27+,28+,29+,30+,31+,32+,33-,34-,35-,36-,37-,38-,39+,40+,41+,42+,43-,44-,45+,46-,47+,48-/m0/s1. The Labute approximate surface area is 488 Å². The number of hydrogen-bond acceptors (Lipinski definition) is 35. The molecule has 6 aliphatic heterocycles. The number of aliphatic hydroxyl groups excluding tert-OH is 20. The summed E-state index contributed by atoms with van der Waals surface area (Å²) in [5, 5.41) is 224. The van der Waals surface area contributed by atoms with Crippen LogP contribution in [-0.4, -0.2) is 375 Å². The van der Waals surface area contributed by atoms with Gasteiger partial charge in [0.05, 0.1) is 58.4 Å². The van der Waals surface area contributed by atoms with Gasteiger partial charge in [0.1, 0.15) is 159 Å². The van der Waals surface area contributed by atoms with Crippen LogP contribution in [0.4, 0.5) is 0 Å². The summed E-state index contributed by atoms with van der Waals surface area (Å²) in [7, 11) is 0. The number of ether oxygens (including phenoxy) is 12. The molecule has 6 aliphatic rings. The highest BCUT2D eigenvalue weighted by atomic mass is 16.8. The fourth-order valence-corrected chi connectivity index (χ4v) is 10.5. The summed E-state index contributed by atoms with van der Waals surface area (Å²) in [6.45, 7) is -2.97. The van der Waals surface area contributed by atoms with Crippen LogP contribution >= 0.6 is 0 Å². The first-order valence-corrected chi connectivity index (χ1v) is 27.4. The van der Waals surface area contributed by atoms with E-state index in [1.54, 1.807) is 0 Å². The summed E-state index contributed by atoms with van der Waals surface area (Å²) in [6.07, 6.45) is -61.8. The van der Waals surface area contributed by atoms with Gasteiger partial charge in [0.25, 0.3) is 0 Å². The van der Waals surface area contributed by atoms with Crippen molar-refractivity contribution in [2.75, 3.05) is 46.2 Å². The summed E-state index contributed by atoms with van der Waals surface area (Å²) in [5.41, 5.74) is 0. The molecular weight excluding hydrogens is 1180 g/mol. The summed E-state index contributed by atoms with van der Waals surface area (Å²) in [4.78, 5) is 37.6. The molecule has 0 unspecified atom stereocenters. The normalized spacial score (nSPS) is 45.5. The average molecular weight is 1260 g/mol. The van der Waals surface area contributed by atoms with E-state index in [-0.39, 0.29) is 0 Å². The molecule has 6 rings (SSSR count). The Balaban J connectivity index is 1.39. The van der Waals surface area contributed by atoms with Crippen molar-refractivity contribution in [3.8, 4) is 0 Å². The molecule has 0 saturated carbocycles. The predicted molar refractivity (Wildman–Crippen MR) is 267 cm³/mol. The average Bonchev–Trinajstić information content (AvgIpc) is 1.10. The van der Waals surface area contributed by atoms with Gasteiger partial charge in [-0.25, -0.2) is 0 Å². The fourth-order valence-electron chi connectivity index (χ4n) is 10.5. The molecule has 6 heterocycles. The van der Waals surface area contributed by atoms with Gasteiger partial charge in [0, 0.05) is 20.8 Å². The van der Waals surface area contributed by atoms with E-state index < -0.39 is 272 Å². The highest BCUT2D eigenvalue weighted by Crippen LogP contribution is 2.38. The van der Waals surface area contributed by atoms with Gasteiger partial charge in [0.15, 0.2) is 37.7 Å². The zero-order valence-electron chi connectivity index (χ0n) is 46.6. The van der Waals surface area contributed by atoms with E-state index in [0.29, 0.717) is 0 Å². The van der Waals surface area contributed by atoms with E-state index >= 15 is 0 Å². The maximum absolute atomic E-state index is 12.9. The largest absolute Gasteiger partial charge is 0.394 e. The highest BCUT2D eigenvalue weighted by Gasteiger charge is 2.58. The minimum Gasteiger partial charge on any atom is -0.394 e. The van der Waals surface area contributed by atoms with Crippen molar-refractivity contribution in [2.24, 2.45) is 0 Å². The number of rotatable bonds is 25. The topological polar surface area (TPSA) is 603 Å². The molecule has 0 aromatic carbocycles. The van der Waals surface area contributed by atoms with Crippen molar-refractivity contribution in [3.05, 3.63) is 0 Å². The highest BCUT2D eigenvalue weighted by molar-refractivity contribution is 5.74. The minimum absolute atomic E-state index is 0.812. The Hall–Kier alpha value is -2.87. The van der Waals surface area contributed by atoms with Crippen molar-refractivity contribution in [2.45, 2.75) is 236 Å². The van der Waals surface area contributed by atoms with E-state index in [2.05, 4.69) is 16.0 Å². The lowest BCUT2D eigenvalue weighted by Crippen LogP contribution is -2.70. The Morgan fingerprint density at radius 2 is 0.860 bits per heavy atom. The van der Waals surface area contributed by atoms with Crippen LogP contribution in [0.1, 0.15) is 27.7 Å². The molecule has 3 amide bonds. The third-order valence-electron chi connectivity index (χ3n) is 15.3. The van der Waals surface area contributed by atoms with Gasteiger partial charge in [-0.15, -0.1) is 0 Å². The third-order valence-corrected chi connectivity index (χ3v) is 15.3. The lowest BCUT2D eigenvalue weighted by molar-refractivity contribution is -0.397. The van der Waals surface area contributed by atoms with Crippen LogP contribution in [0.15, 0.2) is 0 Å². The number of aliphatic hydroxyl groups is 20. The van der Waals surface area contributed by atoms with E-state index in [1.807, 2.05) is 0 Å². The van der Waals surface area contributed by atoms with Gasteiger partial charge in [-0.2, -0.15) is 0 Å². The lowest BCUT2D eigenvalue weighted by atomic mass is 9.94. The van der Waals surface area contributed by atoms with Crippen LogP contribution in [-0.2, 0) is 71.2 Å². The van der Waals surface area contributed by atoms with Crippen LogP contribution in [0.5, 0.6) is 0 Å². The van der Waals surface area contributed by atoms with Crippen molar-refractivity contribution in [3.63, 3.8) is 0 Å². The number of hydrogen-bond donors (Lipinski definition) is 23. The Bertz CT molecular complexity index is 2110. The monoisotopic (exact) mass is 1260 g/mol. The third kappa shape index (κ3) is 16.6. The molecule has 0 aromatic rings. The zero-order chi connectivity index (χ0) is 63.9. The summed E-state index contributed by atoms with van der Waals surface area (Å²) < 4.78 is 70.4. The van der Waals surface area contributed by atoms with Crippen molar-refractivity contribution in [1.82, 2.24) is 16.0 Å². The molecule has 0 aromatic heterocycles. The molecule has 86 heavy (non-hydrogen) atoms. The molecule has 34 atom stereocenters.